The zero-order chi connectivity index (χ0) is 18.2. The molecule has 136 valence electrons. The molecule has 2 N–H and O–H groups in total. The number of hydrogen-bond acceptors (Lipinski definition) is 4. The third kappa shape index (κ3) is 3.23. The highest BCUT2D eigenvalue weighted by Gasteiger charge is 2.48. The second-order valence-electron chi connectivity index (χ2n) is 7.34. The van der Waals surface area contributed by atoms with Crippen LogP contribution in [0.4, 0.5) is 4.79 Å². The number of methoxy groups -OCH3 is 1. The maximum atomic E-state index is 12.1. The molecule has 3 amide bonds. The number of nitrogens with zero attached hydrogens (tertiary/aromatic N) is 1. The molecule has 0 spiro atoms. The summed E-state index contributed by atoms with van der Waals surface area (Å²) >= 11 is 0. The molecule has 1 aromatic carbocycles. The minimum atomic E-state index is -0.768. The topological polar surface area (TPSA) is 70.7 Å². The first-order valence-electron chi connectivity index (χ1n) is 8.84. The van der Waals surface area contributed by atoms with E-state index in [-0.39, 0.29) is 17.9 Å². The van der Waals surface area contributed by atoms with Gasteiger partial charge >= 0.3 is 6.03 Å². The zero-order valence-corrected chi connectivity index (χ0v) is 15.4. The summed E-state index contributed by atoms with van der Waals surface area (Å²) in [6.45, 7) is 8.82. The lowest BCUT2D eigenvalue weighted by Gasteiger charge is -2.38. The van der Waals surface area contributed by atoms with E-state index in [9.17, 15) is 9.59 Å². The van der Waals surface area contributed by atoms with Crippen LogP contribution in [-0.2, 0) is 11.3 Å². The van der Waals surface area contributed by atoms with Gasteiger partial charge in [0.25, 0.3) is 5.91 Å². The summed E-state index contributed by atoms with van der Waals surface area (Å²) in [6.07, 6.45) is 1.80. The molecule has 25 heavy (non-hydrogen) atoms. The first kappa shape index (κ1) is 17.7. The molecule has 6 nitrogen and oxygen atoms in total. The van der Waals surface area contributed by atoms with E-state index in [1.54, 1.807) is 7.11 Å². The van der Waals surface area contributed by atoms with Crippen molar-refractivity contribution in [1.82, 2.24) is 15.5 Å². The average Bonchev–Trinajstić information content (AvgIpc) is 2.86. The Morgan fingerprint density at radius 3 is 2.44 bits per heavy atom. The van der Waals surface area contributed by atoms with Gasteiger partial charge in [-0.15, -0.1) is 0 Å². The molecular weight excluding hydrogens is 318 g/mol. The van der Waals surface area contributed by atoms with Gasteiger partial charge in [0.2, 0.25) is 0 Å². The molecule has 1 aromatic rings. The van der Waals surface area contributed by atoms with Crippen molar-refractivity contribution < 1.29 is 14.3 Å². The average molecular weight is 345 g/mol. The van der Waals surface area contributed by atoms with E-state index >= 15 is 0 Å². The SMILES string of the molecule is COc1ccc(CN2CCC([C@]3(C)NC(=O)NC3=O)CC2)c(C)c1C. The third-order valence-electron chi connectivity index (χ3n) is 5.94. The summed E-state index contributed by atoms with van der Waals surface area (Å²) in [7, 11) is 1.70. The van der Waals surface area contributed by atoms with Gasteiger partial charge in [0.05, 0.1) is 7.11 Å². The highest BCUT2D eigenvalue weighted by Crippen LogP contribution is 2.32. The Labute approximate surface area is 148 Å². The Morgan fingerprint density at radius 1 is 1.20 bits per heavy atom. The van der Waals surface area contributed by atoms with Crippen molar-refractivity contribution in [2.45, 2.75) is 45.7 Å². The van der Waals surface area contributed by atoms with Gasteiger partial charge in [-0.2, -0.15) is 0 Å². The molecule has 2 saturated heterocycles. The number of likely N-dealkylation sites (tertiary alicyclic amines) is 1. The predicted octanol–water partition coefficient (Wildman–Crippen LogP) is 2.12. The number of imide groups is 1. The van der Waals surface area contributed by atoms with Crippen molar-refractivity contribution in [3.63, 3.8) is 0 Å². The number of carbonyl (C=O) groups excluding carboxylic acids is 2. The molecule has 2 aliphatic rings. The maximum absolute atomic E-state index is 12.1. The van der Waals surface area contributed by atoms with Gasteiger partial charge in [-0.25, -0.2) is 4.79 Å². The van der Waals surface area contributed by atoms with Crippen LogP contribution in [0.15, 0.2) is 12.1 Å². The largest absolute Gasteiger partial charge is 0.496 e. The molecule has 3 rings (SSSR count). The molecule has 0 bridgehead atoms. The second kappa shape index (κ2) is 6.67. The number of amides is 3. The van der Waals surface area contributed by atoms with E-state index < -0.39 is 5.54 Å². The second-order valence-corrected chi connectivity index (χ2v) is 7.34. The van der Waals surface area contributed by atoms with E-state index in [0.717, 1.165) is 38.2 Å². The first-order valence-corrected chi connectivity index (χ1v) is 8.84. The van der Waals surface area contributed by atoms with Crippen molar-refractivity contribution in [2.24, 2.45) is 5.92 Å². The number of benzene rings is 1. The number of carbonyl (C=O) groups is 2. The van der Waals surface area contributed by atoms with Crippen LogP contribution >= 0.6 is 0 Å². The van der Waals surface area contributed by atoms with Crippen LogP contribution in [0.5, 0.6) is 5.75 Å². The lowest BCUT2D eigenvalue weighted by atomic mass is 9.79. The summed E-state index contributed by atoms with van der Waals surface area (Å²) in [5.41, 5.74) is 3.01. The highest BCUT2D eigenvalue weighted by molar-refractivity contribution is 6.06. The Bertz CT molecular complexity index is 695. The minimum absolute atomic E-state index is 0.175. The monoisotopic (exact) mass is 345 g/mol. The summed E-state index contributed by atoms with van der Waals surface area (Å²) < 4.78 is 5.39. The van der Waals surface area contributed by atoms with Crippen LogP contribution in [0.3, 0.4) is 0 Å². The van der Waals surface area contributed by atoms with Crippen LogP contribution in [0.2, 0.25) is 0 Å². The number of urea groups is 1. The van der Waals surface area contributed by atoms with Crippen molar-refractivity contribution in [1.29, 1.82) is 0 Å². The summed E-state index contributed by atoms with van der Waals surface area (Å²) in [6, 6.07) is 3.79. The molecule has 2 heterocycles. The van der Waals surface area contributed by atoms with Gasteiger partial charge in [-0.05, 0) is 75.4 Å². The molecule has 0 unspecified atom stereocenters. The normalized spacial score (nSPS) is 25.0. The Balaban J connectivity index is 1.63. The Morgan fingerprint density at radius 2 is 1.88 bits per heavy atom. The van der Waals surface area contributed by atoms with E-state index in [4.69, 9.17) is 4.74 Å². The molecular formula is C19H27N3O3. The van der Waals surface area contributed by atoms with Crippen LogP contribution in [0.1, 0.15) is 36.5 Å². The van der Waals surface area contributed by atoms with E-state index in [1.807, 2.05) is 13.0 Å². The molecule has 0 aromatic heterocycles. The quantitative estimate of drug-likeness (QED) is 0.820. The van der Waals surface area contributed by atoms with Crippen molar-refractivity contribution in [2.75, 3.05) is 20.2 Å². The van der Waals surface area contributed by atoms with Gasteiger partial charge in [-0.3, -0.25) is 15.0 Å². The Hall–Kier alpha value is -2.08. The van der Waals surface area contributed by atoms with E-state index in [0.29, 0.717) is 0 Å². The molecule has 2 fully saturated rings. The van der Waals surface area contributed by atoms with Crippen LogP contribution in [-0.4, -0.2) is 42.6 Å². The molecule has 0 saturated carbocycles. The van der Waals surface area contributed by atoms with E-state index in [1.165, 1.54) is 16.7 Å². The molecule has 6 heteroatoms. The van der Waals surface area contributed by atoms with Crippen LogP contribution < -0.4 is 15.4 Å². The van der Waals surface area contributed by atoms with Crippen molar-refractivity contribution >= 4 is 11.9 Å². The number of rotatable bonds is 4. The van der Waals surface area contributed by atoms with Crippen molar-refractivity contribution in [3.05, 3.63) is 28.8 Å². The molecule has 2 aliphatic heterocycles. The molecule has 0 radical (unpaired) electrons. The summed E-state index contributed by atoms with van der Waals surface area (Å²) in [5, 5.41) is 5.18. The number of piperidine rings is 1. The highest BCUT2D eigenvalue weighted by atomic mass is 16.5. The van der Waals surface area contributed by atoms with Gasteiger partial charge in [-0.1, -0.05) is 6.07 Å². The lowest BCUT2D eigenvalue weighted by Crippen LogP contribution is -2.53. The lowest BCUT2D eigenvalue weighted by molar-refractivity contribution is -0.125. The fraction of sp³-hybridized carbons (Fsp3) is 0.579. The van der Waals surface area contributed by atoms with E-state index in [2.05, 4.69) is 35.4 Å². The van der Waals surface area contributed by atoms with Gasteiger partial charge in [0, 0.05) is 6.54 Å². The molecule has 1 atom stereocenters. The summed E-state index contributed by atoms with van der Waals surface area (Å²) in [4.78, 5) is 26.0. The fourth-order valence-electron chi connectivity index (χ4n) is 4.00. The minimum Gasteiger partial charge on any atom is -0.496 e. The fourth-order valence-corrected chi connectivity index (χ4v) is 4.00. The smallest absolute Gasteiger partial charge is 0.322 e. The first-order chi connectivity index (χ1) is 11.8. The Kier molecular flexibility index (Phi) is 4.73. The maximum Gasteiger partial charge on any atom is 0.322 e. The van der Waals surface area contributed by atoms with Crippen LogP contribution in [0, 0.1) is 19.8 Å². The van der Waals surface area contributed by atoms with Gasteiger partial charge in [0.1, 0.15) is 11.3 Å². The van der Waals surface area contributed by atoms with Crippen LogP contribution in [0.25, 0.3) is 0 Å². The van der Waals surface area contributed by atoms with Crippen molar-refractivity contribution in [3.8, 4) is 5.75 Å². The van der Waals surface area contributed by atoms with Gasteiger partial charge < -0.3 is 10.1 Å². The predicted molar refractivity (Wildman–Crippen MR) is 95.5 cm³/mol. The van der Waals surface area contributed by atoms with Gasteiger partial charge in [0.15, 0.2) is 0 Å². The third-order valence-corrected chi connectivity index (χ3v) is 5.94. The number of nitrogens with one attached hydrogen (secondary N) is 2. The zero-order valence-electron chi connectivity index (χ0n) is 15.4. The molecule has 0 aliphatic carbocycles. The summed E-state index contributed by atoms with van der Waals surface area (Å²) in [5.74, 6) is 0.905. The number of hydrogen-bond donors (Lipinski definition) is 2. The number of ether oxygens (including phenoxy) is 1. The standard InChI is InChI=1S/C19H27N3O3/c1-12-13(2)16(25-4)6-5-14(12)11-22-9-7-15(8-10-22)19(3)17(23)20-18(24)21-19/h5-6,15H,7-11H2,1-4H3,(H2,20,21,23,24)/t19-/m0/s1.